The van der Waals surface area contributed by atoms with E-state index in [0.717, 1.165) is 17.8 Å². The van der Waals surface area contributed by atoms with Gasteiger partial charge >= 0.3 is 6.18 Å². The van der Waals surface area contributed by atoms with Crippen LogP contribution in [0.4, 0.5) is 13.2 Å². The molecule has 6 heteroatoms. The molecule has 0 aliphatic rings. The van der Waals surface area contributed by atoms with Crippen molar-refractivity contribution in [2.24, 2.45) is 5.16 Å². The van der Waals surface area contributed by atoms with E-state index in [1.54, 1.807) is 24.3 Å². The van der Waals surface area contributed by atoms with Gasteiger partial charge < -0.3 is 4.84 Å². The van der Waals surface area contributed by atoms with E-state index in [4.69, 9.17) is 16.4 Å². The Kier molecular flexibility index (Phi) is 4.85. The summed E-state index contributed by atoms with van der Waals surface area (Å²) in [7, 11) is 0. The first-order valence-electron chi connectivity index (χ1n) is 6.03. The van der Waals surface area contributed by atoms with Crippen LogP contribution < -0.4 is 0 Å². The predicted molar refractivity (Wildman–Crippen MR) is 75.3 cm³/mol. The van der Waals surface area contributed by atoms with Crippen LogP contribution in [0, 0.1) is 0 Å². The zero-order valence-corrected chi connectivity index (χ0v) is 11.5. The minimum Gasteiger partial charge on any atom is -0.391 e. The summed E-state index contributed by atoms with van der Waals surface area (Å²) in [6, 6.07) is 12.1. The molecule has 0 heterocycles. The van der Waals surface area contributed by atoms with Gasteiger partial charge in [0.15, 0.2) is 0 Å². The molecule has 21 heavy (non-hydrogen) atoms. The first-order valence-corrected chi connectivity index (χ1v) is 6.40. The number of halogens is 4. The quantitative estimate of drug-likeness (QED) is 0.580. The monoisotopic (exact) mass is 313 g/mol. The Bertz CT molecular complexity index is 624. The Balaban J connectivity index is 2.00. The summed E-state index contributed by atoms with van der Waals surface area (Å²) in [5.74, 6) is 0. The van der Waals surface area contributed by atoms with Crippen molar-refractivity contribution in [2.45, 2.75) is 12.8 Å². The molecule has 2 aromatic carbocycles. The third kappa shape index (κ3) is 4.49. The average Bonchev–Trinajstić information content (AvgIpc) is 2.45. The Morgan fingerprint density at radius 3 is 2.38 bits per heavy atom. The standard InChI is InChI=1S/C15H11ClF3NO/c16-13-7-5-11(6-8-13)10-21-20-9-12-3-1-2-4-14(12)15(17,18)19/h1-9H,10H2. The normalized spacial score (nSPS) is 11.8. The summed E-state index contributed by atoms with van der Waals surface area (Å²) in [5.41, 5.74) is 0.0330. The zero-order chi connectivity index (χ0) is 15.3. The molecule has 0 atom stereocenters. The molecule has 2 aromatic rings. The van der Waals surface area contributed by atoms with Crippen LogP contribution >= 0.6 is 11.6 Å². The van der Waals surface area contributed by atoms with Gasteiger partial charge in [-0.25, -0.2) is 0 Å². The molecule has 0 radical (unpaired) electrons. The maximum Gasteiger partial charge on any atom is 0.417 e. The molecular formula is C15H11ClF3NO. The van der Waals surface area contributed by atoms with Crippen molar-refractivity contribution in [3.05, 3.63) is 70.2 Å². The van der Waals surface area contributed by atoms with Crippen molar-refractivity contribution in [3.63, 3.8) is 0 Å². The third-order valence-corrected chi connectivity index (χ3v) is 2.93. The van der Waals surface area contributed by atoms with E-state index in [9.17, 15) is 13.2 Å². The first kappa shape index (κ1) is 15.4. The fourth-order valence-electron chi connectivity index (χ4n) is 1.65. The maximum atomic E-state index is 12.7. The van der Waals surface area contributed by atoms with Crippen molar-refractivity contribution >= 4 is 17.8 Å². The predicted octanol–water partition coefficient (Wildman–Crippen LogP) is 4.91. The highest BCUT2D eigenvalue weighted by atomic mass is 35.5. The number of hydrogen-bond acceptors (Lipinski definition) is 2. The Labute approximate surface area is 124 Å². The van der Waals surface area contributed by atoms with Crippen LogP contribution in [0.15, 0.2) is 53.7 Å². The molecular weight excluding hydrogens is 303 g/mol. The summed E-state index contributed by atoms with van der Waals surface area (Å²) in [5, 5.41) is 4.17. The first-order chi connectivity index (χ1) is 9.97. The number of benzene rings is 2. The summed E-state index contributed by atoms with van der Waals surface area (Å²) in [6.45, 7) is 0.155. The Morgan fingerprint density at radius 2 is 1.71 bits per heavy atom. The van der Waals surface area contributed by atoms with Crippen molar-refractivity contribution in [1.29, 1.82) is 0 Å². The zero-order valence-electron chi connectivity index (χ0n) is 10.8. The van der Waals surface area contributed by atoms with Gasteiger partial charge in [-0.2, -0.15) is 13.2 Å². The van der Waals surface area contributed by atoms with Gasteiger partial charge in [0.05, 0.1) is 11.8 Å². The lowest BCUT2D eigenvalue weighted by Crippen LogP contribution is -2.08. The molecule has 0 bridgehead atoms. The third-order valence-electron chi connectivity index (χ3n) is 2.68. The molecule has 0 spiro atoms. The van der Waals surface area contributed by atoms with Gasteiger partial charge in [0.25, 0.3) is 0 Å². The van der Waals surface area contributed by atoms with Crippen molar-refractivity contribution < 1.29 is 18.0 Å². The number of alkyl halides is 3. The van der Waals surface area contributed by atoms with Gasteiger partial charge in [0, 0.05) is 10.6 Å². The van der Waals surface area contributed by atoms with E-state index in [2.05, 4.69) is 5.16 Å². The Morgan fingerprint density at radius 1 is 1.05 bits per heavy atom. The molecule has 2 nitrogen and oxygen atoms in total. The van der Waals surface area contributed by atoms with Crippen molar-refractivity contribution in [2.75, 3.05) is 0 Å². The summed E-state index contributed by atoms with van der Waals surface area (Å²) >= 11 is 5.74. The summed E-state index contributed by atoms with van der Waals surface area (Å²) in [4.78, 5) is 4.99. The van der Waals surface area contributed by atoms with Crippen LogP contribution in [-0.2, 0) is 17.6 Å². The highest BCUT2D eigenvalue weighted by Gasteiger charge is 2.32. The van der Waals surface area contributed by atoms with E-state index in [-0.39, 0.29) is 12.2 Å². The minimum absolute atomic E-state index is 0.0406. The van der Waals surface area contributed by atoms with Crippen LogP contribution in [0.5, 0.6) is 0 Å². The van der Waals surface area contributed by atoms with Crippen molar-refractivity contribution in [1.82, 2.24) is 0 Å². The van der Waals surface area contributed by atoms with Gasteiger partial charge in [-0.1, -0.05) is 47.1 Å². The van der Waals surface area contributed by atoms with Gasteiger partial charge in [0.1, 0.15) is 6.61 Å². The second kappa shape index (κ2) is 6.63. The number of hydrogen-bond donors (Lipinski definition) is 0. The highest BCUT2D eigenvalue weighted by molar-refractivity contribution is 6.30. The largest absolute Gasteiger partial charge is 0.417 e. The second-order valence-corrected chi connectivity index (χ2v) is 4.66. The molecule has 0 amide bonds. The fraction of sp³-hybridized carbons (Fsp3) is 0.133. The van der Waals surface area contributed by atoms with Gasteiger partial charge in [0.2, 0.25) is 0 Å². The topological polar surface area (TPSA) is 21.6 Å². The summed E-state index contributed by atoms with van der Waals surface area (Å²) in [6.07, 6.45) is -3.36. The fourth-order valence-corrected chi connectivity index (χ4v) is 1.78. The minimum atomic E-state index is -4.42. The van der Waals surface area contributed by atoms with E-state index in [1.165, 1.54) is 18.2 Å². The highest BCUT2D eigenvalue weighted by Crippen LogP contribution is 2.31. The number of oxime groups is 1. The van der Waals surface area contributed by atoms with Crippen LogP contribution in [0.1, 0.15) is 16.7 Å². The van der Waals surface area contributed by atoms with E-state index < -0.39 is 11.7 Å². The van der Waals surface area contributed by atoms with Gasteiger partial charge in [-0.05, 0) is 23.8 Å². The van der Waals surface area contributed by atoms with Crippen molar-refractivity contribution in [3.8, 4) is 0 Å². The molecule has 0 aliphatic carbocycles. The molecule has 0 aromatic heterocycles. The smallest absolute Gasteiger partial charge is 0.391 e. The molecule has 0 N–H and O–H groups in total. The number of rotatable bonds is 4. The van der Waals surface area contributed by atoms with Crippen LogP contribution in [0.25, 0.3) is 0 Å². The van der Waals surface area contributed by atoms with E-state index in [1.807, 2.05) is 0 Å². The van der Waals surface area contributed by atoms with Crippen LogP contribution in [0.2, 0.25) is 5.02 Å². The lowest BCUT2D eigenvalue weighted by atomic mass is 10.1. The summed E-state index contributed by atoms with van der Waals surface area (Å²) < 4.78 is 38.2. The molecule has 110 valence electrons. The van der Waals surface area contributed by atoms with Crippen LogP contribution in [-0.4, -0.2) is 6.21 Å². The Hall–Kier alpha value is -2.01. The molecule has 0 fully saturated rings. The molecule has 0 saturated carbocycles. The van der Waals surface area contributed by atoms with Gasteiger partial charge in [-0.3, -0.25) is 0 Å². The maximum absolute atomic E-state index is 12.7. The molecule has 0 aliphatic heterocycles. The van der Waals surface area contributed by atoms with E-state index in [0.29, 0.717) is 5.02 Å². The lowest BCUT2D eigenvalue weighted by molar-refractivity contribution is -0.137. The molecule has 0 unspecified atom stereocenters. The lowest BCUT2D eigenvalue weighted by Gasteiger charge is -2.09. The van der Waals surface area contributed by atoms with Gasteiger partial charge in [-0.15, -0.1) is 0 Å². The number of nitrogens with zero attached hydrogens (tertiary/aromatic N) is 1. The van der Waals surface area contributed by atoms with E-state index >= 15 is 0 Å². The SMILES string of the molecule is FC(F)(F)c1ccccc1C=NOCc1ccc(Cl)cc1. The van der Waals surface area contributed by atoms with Crippen LogP contribution in [0.3, 0.4) is 0 Å². The molecule has 0 saturated heterocycles. The average molecular weight is 314 g/mol. The second-order valence-electron chi connectivity index (χ2n) is 4.22. The molecule has 2 rings (SSSR count).